The molecular weight excluding hydrogens is 229 g/mol. The van der Waals surface area contributed by atoms with Crippen molar-refractivity contribution in [2.75, 3.05) is 11.9 Å². The Morgan fingerprint density at radius 1 is 1.39 bits per heavy atom. The lowest BCUT2D eigenvalue weighted by Gasteiger charge is -2.03. The molecule has 0 bridgehead atoms. The standard InChI is InChI=1S/C14H16FN3/c15-11-5-6-12-13(9-11)18-14(17-12)16-8-7-10-3-1-2-4-10/h3,5-6,9H,1-2,4,7-8H2,(H2,16,17,18). The second-order valence-electron chi connectivity index (χ2n) is 4.68. The summed E-state index contributed by atoms with van der Waals surface area (Å²) in [6.45, 7) is 0.869. The summed E-state index contributed by atoms with van der Waals surface area (Å²) in [7, 11) is 0. The van der Waals surface area contributed by atoms with Crippen LogP contribution in [0.5, 0.6) is 0 Å². The van der Waals surface area contributed by atoms with Crippen molar-refractivity contribution in [3.05, 3.63) is 35.7 Å². The molecule has 3 rings (SSSR count). The third-order valence-corrected chi connectivity index (χ3v) is 3.32. The Hall–Kier alpha value is -1.84. The van der Waals surface area contributed by atoms with Crippen molar-refractivity contribution in [2.45, 2.75) is 25.7 Å². The third kappa shape index (κ3) is 2.37. The number of nitrogens with one attached hydrogen (secondary N) is 2. The zero-order valence-electron chi connectivity index (χ0n) is 10.2. The van der Waals surface area contributed by atoms with Crippen molar-refractivity contribution in [3.8, 4) is 0 Å². The molecule has 1 heterocycles. The molecule has 0 atom stereocenters. The van der Waals surface area contributed by atoms with Gasteiger partial charge in [0.2, 0.25) is 5.95 Å². The number of hydrogen-bond acceptors (Lipinski definition) is 2. The Balaban J connectivity index is 1.63. The Morgan fingerprint density at radius 2 is 2.33 bits per heavy atom. The van der Waals surface area contributed by atoms with Crippen LogP contribution in [0.15, 0.2) is 29.8 Å². The summed E-state index contributed by atoms with van der Waals surface area (Å²) in [4.78, 5) is 7.45. The van der Waals surface area contributed by atoms with Gasteiger partial charge in [-0.3, -0.25) is 0 Å². The highest BCUT2D eigenvalue weighted by Gasteiger charge is 2.06. The number of H-pyrrole nitrogens is 1. The van der Waals surface area contributed by atoms with Crippen LogP contribution in [0.25, 0.3) is 11.0 Å². The van der Waals surface area contributed by atoms with E-state index >= 15 is 0 Å². The average Bonchev–Trinajstić information content (AvgIpc) is 2.97. The van der Waals surface area contributed by atoms with Crippen LogP contribution in [0.2, 0.25) is 0 Å². The number of aromatic amines is 1. The predicted molar refractivity (Wildman–Crippen MR) is 71.1 cm³/mol. The van der Waals surface area contributed by atoms with E-state index in [0.717, 1.165) is 24.0 Å². The van der Waals surface area contributed by atoms with Gasteiger partial charge in [-0.25, -0.2) is 9.37 Å². The van der Waals surface area contributed by atoms with Gasteiger partial charge in [0.25, 0.3) is 0 Å². The molecule has 1 aromatic carbocycles. The van der Waals surface area contributed by atoms with Gasteiger partial charge < -0.3 is 10.3 Å². The van der Waals surface area contributed by atoms with Crippen LogP contribution in [-0.4, -0.2) is 16.5 Å². The van der Waals surface area contributed by atoms with E-state index in [1.807, 2.05) is 0 Å². The van der Waals surface area contributed by atoms with Gasteiger partial charge in [-0.15, -0.1) is 0 Å². The number of allylic oxidation sites excluding steroid dienone is 1. The van der Waals surface area contributed by atoms with Crippen molar-refractivity contribution >= 4 is 17.0 Å². The SMILES string of the molecule is Fc1ccc2nc(NCCC3=CCCC3)[nH]c2c1. The number of benzene rings is 1. The third-order valence-electron chi connectivity index (χ3n) is 3.32. The number of imidazole rings is 1. The first kappa shape index (κ1) is 11.3. The molecule has 0 amide bonds. The number of halogens is 1. The second kappa shape index (κ2) is 4.80. The van der Waals surface area contributed by atoms with E-state index in [-0.39, 0.29) is 5.82 Å². The van der Waals surface area contributed by atoms with E-state index in [1.165, 1.54) is 37.0 Å². The van der Waals surface area contributed by atoms with Crippen LogP contribution >= 0.6 is 0 Å². The zero-order valence-corrected chi connectivity index (χ0v) is 10.2. The largest absolute Gasteiger partial charge is 0.355 e. The highest BCUT2D eigenvalue weighted by molar-refractivity contribution is 5.77. The van der Waals surface area contributed by atoms with Gasteiger partial charge in [-0.05, 0) is 43.9 Å². The van der Waals surface area contributed by atoms with Gasteiger partial charge in [0.1, 0.15) is 5.82 Å². The van der Waals surface area contributed by atoms with Crippen LogP contribution < -0.4 is 5.32 Å². The number of nitrogens with zero attached hydrogens (tertiary/aromatic N) is 1. The Bertz CT molecular complexity index is 586. The normalized spacial score (nSPS) is 15.1. The highest BCUT2D eigenvalue weighted by Crippen LogP contribution is 2.20. The van der Waals surface area contributed by atoms with Crippen LogP contribution in [0, 0.1) is 5.82 Å². The summed E-state index contributed by atoms with van der Waals surface area (Å²) in [6.07, 6.45) is 7.13. The zero-order chi connectivity index (χ0) is 12.4. The van der Waals surface area contributed by atoms with Crippen molar-refractivity contribution in [3.63, 3.8) is 0 Å². The van der Waals surface area contributed by atoms with Crippen molar-refractivity contribution < 1.29 is 4.39 Å². The summed E-state index contributed by atoms with van der Waals surface area (Å²) in [5.41, 5.74) is 3.06. The lowest BCUT2D eigenvalue weighted by molar-refractivity contribution is 0.629. The van der Waals surface area contributed by atoms with E-state index in [1.54, 1.807) is 6.07 Å². The lowest BCUT2D eigenvalue weighted by atomic mass is 10.2. The van der Waals surface area contributed by atoms with E-state index in [4.69, 9.17) is 0 Å². The van der Waals surface area contributed by atoms with Crippen LogP contribution in [0.3, 0.4) is 0 Å². The molecule has 94 valence electrons. The number of aromatic nitrogens is 2. The summed E-state index contributed by atoms with van der Waals surface area (Å²) in [5.74, 6) is 0.475. The molecule has 3 nitrogen and oxygen atoms in total. The molecule has 0 unspecified atom stereocenters. The summed E-state index contributed by atoms with van der Waals surface area (Å²) >= 11 is 0. The number of anilines is 1. The molecule has 1 aliphatic carbocycles. The van der Waals surface area contributed by atoms with Crippen LogP contribution in [0.1, 0.15) is 25.7 Å². The van der Waals surface area contributed by atoms with Gasteiger partial charge in [0.05, 0.1) is 11.0 Å². The fraction of sp³-hybridized carbons (Fsp3) is 0.357. The second-order valence-corrected chi connectivity index (χ2v) is 4.68. The number of fused-ring (bicyclic) bond motifs is 1. The Morgan fingerprint density at radius 3 is 3.17 bits per heavy atom. The van der Waals surface area contributed by atoms with Crippen molar-refractivity contribution in [2.24, 2.45) is 0 Å². The first-order valence-corrected chi connectivity index (χ1v) is 6.38. The molecule has 4 heteroatoms. The van der Waals surface area contributed by atoms with Crippen molar-refractivity contribution in [1.82, 2.24) is 9.97 Å². The molecule has 0 aliphatic heterocycles. The van der Waals surface area contributed by atoms with E-state index in [0.29, 0.717) is 5.95 Å². The van der Waals surface area contributed by atoms with Crippen LogP contribution in [-0.2, 0) is 0 Å². The molecule has 0 saturated heterocycles. The molecule has 2 N–H and O–H groups in total. The molecule has 0 radical (unpaired) electrons. The summed E-state index contributed by atoms with van der Waals surface area (Å²) in [6, 6.07) is 4.58. The monoisotopic (exact) mass is 245 g/mol. The van der Waals surface area contributed by atoms with Crippen LogP contribution in [0.4, 0.5) is 10.3 Å². The minimum atomic E-state index is -0.242. The Labute approximate surface area is 105 Å². The first-order valence-electron chi connectivity index (χ1n) is 6.38. The van der Waals surface area contributed by atoms with E-state index in [9.17, 15) is 4.39 Å². The molecule has 18 heavy (non-hydrogen) atoms. The van der Waals surface area contributed by atoms with Gasteiger partial charge in [0, 0.05) is 6.54 Å². The topological polar surface area (TPSA) is 40.7 Å². The molecule has 0 saturated carbocycles. The molecular formula is C14H16FN3. The molecule has 0 spiro atoms. The van der Waals surface area contributed by atoms with Gasteiger partial charge in [0.15, 0.2) is 0 Å². The van der Waals surface area contributed by atoms with E-state index in [2.05, 4.69) is 21.4 Å². The van der Waals surface area contributed by atoms with Crippen molar-refractivity contribution in [1.29, 1.82) is 0 Å². The van der Waals surface area contributed by atoms with Gasteiger partial charge in [-0.2, -0.15) is 0 Å². The molecule has 1 aliphatic rings. The van der Waals surface area contributed by atoms with Gasteiger partial charge >= 0.3 is 0 Å². The summed E-state index contributed by atoms with van der Waals surface area (Å²) in [5, 5.41) is 3.25. The average molecular weight is 245 g/mol. The Kier molecular flexibility index (Phi) is 3.00. The number of hydrogen-bond donors (Lipinski definition) is 2. The maximum absolute atomic E-state index is 13.0. The van der Waals surface area contributed by atoms with Gasteiger partial charge in [-0.1, -0.05) is 11.6 Å². The molecule has 2 aromatic rings. The minimum Gasteiger partial charge on any atom is -0.355 e. The molecule has 0 fully saturated rings. The minimum absolute atomic E-state index is 0.242. The lowest BCUT2D eigenvalue weighted by Crippen LogP contribution is -2.03. The van der Waals surface area contributed by atoms with E-state index < -0.39 is 0 Å². The quantitative estimate of drug-likeness (QED) is 0.808. The summed E-state index contributed by atoms with van der Waals surface area (Å²) < 4.78 is 13.0. The smallest absolute Gasteiger partial charge is 0.201 e. The number of rotatable bonds is 4. The fourth-order valence-corrected chi connectivity index (χ4v) is 2.37. The highest BCUT2D eigenvalue weighted by atomic mass is 19.1. The maximum Gasteiger partial charge on any atom is 0.201 e. The first-order chi connectivity index (χ1) is 8.81. The predicted octanol–water partition coefficient (Wildman–Crippen LogP) is 3.61. The fourth-order valence-electron chi connectivity index (χ4n) is 2.37. The maximum atomic E-state index is 13.0. The molecule has 1 aromatic heterocycles.